The first kappa shape index (κ1) is 18.7. The van der Waals surface area contributed by atoms with Gasteiger partial charge in [0.2, 0.25) is 5.72 Å². The van der Waals surface area contributed by atoms with Gasteiger partial charge in [-0.2, -0.15) is 13.2 Å². The normalized spacial score (nSPS) is 25.4. The highest BCUT2D eigenvalue weighted by Crippen LogP contribution is 2.44. The Kier molecular flexibility index (Phi) is 4.56. The number of aliphatic hydroxyl groups is 1. The molecule has 3 atom stereocenters. The fourth-order valence-corrected chi connectivity index (χ4v) is 3.12. The number of benzene rings is 2. The van der Waals surface area contributed by atoms with E-state index in [2.05, 4.69) is 5.32 Å². The first-order valence-corrected chi connectivity index (χ1v) is 7.89. The van der Waals surface area contributed by atoms with Gasteiger partial charge in [-0.15, -0.1) is 0 Å². The van der Waals surface area contributed by atoms with Crippen LogP contribution in [0.5, 0.6) is 5.75 Å². The molecule has 0 aromatic heterocycles. The van der Waals surface area contributed by atoms with Gasteiger partial charge in [0.15, 0.2) is 5.78 Å². The van der Waals surface area contributed by atoms with Crippen LogP contribution in [0.1, 0.15) is 22.0 Å². The van der Waals surface area contributed by atoms with Crippen LogP contribution in [-0.2, 0) is 0 Å². The lowest BCUT2D eigenvalue weighted by molar-refractivity contribution is -0.287. The molecule has 2 aromatic rings. The quantitative estimate of drug-likeness (QED) is 0.615. The van der Waals surface area contributed by atoms with E-state index in [1.165, 1.54) is 47.8 Å². The number of rotatable bonds is 3. The molecule has 1 fully saturated rings. The van der Waals surface area contributed by atoms with Crippen LogP contribution >= 0.6 is 0 Å². The van der Waals surface area contributed by atoms with E-state index in [-0.39, 0.29) is 16.9 Å². The molecule has 0 radical (unpaired) electrons. The molecule has 0 aliphatic carbocycles. The number of urea groups is 1. The van der Waals surface area contributed by atoms with Crippen molar-refractivity contribution in [1.82, 2.24) is 10.6 Å². The lowest BCUT2D eigenvalue weighted by atomic mass is 9.77. The van der Waals surface area contributed by atoms with Crippen LogP contribution in [0.4, 0.5) is 18.0 Å². The molecule has 0 spiro atoms. The molecule has 0 saturated carbocycles. The van der Waals surface area contributed by atoms with Crippen molar-refractivity contribution in [2.75, 3.05) is 0 Å². The summed E-state index contributed by atoms with van der Waals surface area (Å²) in [7, 11) is 0. The molecule has 0 unspecified atom stereocenters. The lowest BCUT2D eigenvalue weighted by Crippen LogP contribution is -2.72. The molecule has 2 aromatic carbocycles. The van der Waals surface area contributed by atoms with Crippen molar-refractivity contribution in [1.29, 1.82) is 0 Å². The topological polar surface area (TPSA) is 98.7 Å². The Morgan fingerprint density at radius 3 is 2.33 bits per heavy atom. The lowest BCUT2D eigenvalue weighted by Gasteiger charge is -2.45. The van der Waals surface area contributed by atoms with Crippen LogP contribution in [0, 0.1) is 5.92 Å². The second-order valence-corrected chi connectivity index (χ2v) is 6.14. The molecule has 1 aliphatic heterocycles. The van der Waals surface area contributed by atoms with E-state index in [0.29, 0.717) is 0 Å². The van der Waals surface area contributed by atoms with Crippen molar-refractivity contribution in [2.24, 2.45) is 5.92 Å². The van der Waals surface area contributed by atoms with Gasteiger partial charge in [-0.05, 0) is 17.7 Å². The summed E-state index contributed by atoms with van der Waals surface area (Å²) >= 11 is 0. The summed E-state index contributed by atoms with van der Waals surface area (Å²) in [5.41, 5.74) is -3.81. The molecule has 1 heterocycles. The summed E-state index contributed by atoms with van der Waals surface area (Å²) in [4.78, 5) is 24.8. The fraction of sp³-hybridized carbons (Fsp3) is 0.222. The van der Waals surface area contributed by atoms with Crippen molar-refractivity contribution in [3.05, 3.63) is 65.7 Å². The van der Waals surface area contributed by atoms with Gasteiger partial charge in [-0.3, -0.25) is 4.79 Å². The minimum absolute atomic E-state index is 0.0433. The molecule has 1 aliphatic rings. The summed E-state index contributed by atoms with van der Waals surface area (Å²) in [6, 6.07) is 9.45. The zero-order valence-corrected chi connectivity index (χ0v) is 13.7. The largest absolute Gasteiger partial charge is 0.508 e. The van der Waals surface area contributed by atoms with E-state index in [1.54, 1.807) is 6.07 Å². The number of hydrogen-bond donors (Lipinski definition) is 4. The highest BCUT2D eigenvalue weighted by atomic mass is 19.4. The highest BCUT2D eigenvalue weighted by Gasteiger charge is 2.66. The molecular formula is C18H15F3N2O4. The fourth-order valence-electron chi connectivity index (χ4n) is 3.12. The third-order valence-electron chi connectivity index (χ3n) is 4.38. The summed E-state index contributed by atoms with van der Waals surface area (Å²) in [6.45, 7) is 0. The Morgan fingerprint density at radius 1 is 1.07 bits per heavy atom. The van der Waals surface area contributed by atoms with Crippen LogP contribution in [0.15, 0.2) is 54.6 Å². The van der Waals surface area contributed by atoms with Crippen LogP contribution in [0.2, 0.25) is 0 Å². The van der Waals surface area contributed by atoms with E-state index in [9.17, 15) is 33.0 Å². The zero-order chi connectivity index (χ0) is 19.8. The predicted molar refractivity (Wildman–Crippen MR) is 87.8 cm³/mol. The average molecular weight is 380 g/mol. The molecule has 142 valence electrons. The van der Waals surface area contributed by atoms with Crippen molar-refractivity contribution in [3.8, 4) is 5.75 Å². The number of aromatic hydroxyl groups is 1. The number of ketones is 1. The van der Waals surface area contributed by atoms with Crippen molar-refractivity contribution >= 4 is 11.8 Å². The third kappa shape index (κ3) is 3.33. The molecule has 9 heteroatoms. The van der Waals surface area contributed by atoms with E-state index < -0.39 is 35.7 Å². The Labute approximate surface area is 151 Å². The number of hydrogen-bond acceptors (Lipinski definition) is 4. The van der Waals surface area contributed by atoms with Crippen LogP contribution in [0.25, 0.3) is 0 Å². The van der Waals surface area contributed by atoms with Gasteiger partial charge in [-0.25, -0.2) is 4.79 Å². The SMILES string of the molecule is O=C1N[C@H](c2cccc(O)c2)[C@H](C(=O)c2ccccc2)[C@@](O)(C(F)(F)F)N1. The molecular weight excluding hydrogens is 365 g/mol. The third-order valence-corrected chi connectivity index (χ3v) is 4.38. The maximum Gasteiger partial charge on any atom is 0.437 e. The van der Waals surface area contributed by atoms with Crippen molar-refractivity contribution < 1.29 is 33.0 Å². The summed E-state index contributed by atoms with van der Waals surface area (Å²) in [5, 5.41) is 23.7. The second kappa shape index (κ2) is 6.58. The Hall–Kier alpha value is -3.07. The summed E-state index contributed by atoms with van der Waals surface area (Å²) in [5.74, 6) is -3.41. The van der Waals surface area contributed by atoms with Gasteiger partial charge in [0.1, 0.15) is 11.7 Å². The monoisotopic (exact) mass is 380 g/mol. The molecule has 0 bridgehead atoms. The standard InChI is InChI=1S/C18H15F3N2O4/c19-18(20,21)17(27)13(15(25)10-5-2-1-3-6-10)14(22-16(26)23-17)11-7-4-8-12(24)9-11/h1-9,13-14,24,27H,(H2,22,23,26)/t13-,14-,17-/m1/s1. The maximum atomic E-state index is 13.7. The molecule has 6 nitrogen and oxygen atoms in total. The van der Waals surface area contributed by atoms with Crippen molar-refractivity contribution in [3.63, 3.8) is 0 Å². The number of halogens is 3. The van der Waals surface area contributed by atoms with Crippen LogP contribution in [0.3, 0.4) is 0 Å². The number of amides is 2. The smallest absolute Gasteiger partial charge is 0.437 e. The maximum absolute atomic E-state index is 13.7. The van der Waals surface area contributed by atoms with Crippen LogP contribution in [-0.4, -0.2) is 33.9 Å². The van der Waals surface area contributed by atoms with E-state index in [1.807, 2.05) is 0 Å². The van der Waals surface area contributed by atoms with Gasteiger partial charge in [-0.1, -0.05) is 42.5 Å². The Morgan fingerprint density at radius 2 is 1.74 bits per heavy atom. The van der Waals surface area contributed by atoms with E-state index >= 15 is 0 Å². The average Bonchev–Trinajstić information content (AvgIpc) is 2.60. The number of phenols is 1. The van der Waals surface area contributed by atoms with E-state index in [0.717, 1.165) is 6.07 Å². The number of phenolic OH excluding ortho intramolecular Hbond substituents is 1. The zero-order valence-electron chi connectivity index (χ0n) is 13.7. The number of nitrogens with one attached hydrogen (secondary N) is 2. The molecule has 2 amide bonds. The van der Waals surface area contributed by atoms with Crippen LogP contribution < -0.4 is 10.6 Å². The number of carbonyl (C=O) groups excluding carboxylic acids is 2. The number of carbonyl (C=O) groups is 2. The van der Waals surface area contributed by atoms with Crippen molar-refractivity contribution in [2.45, 2.75) is 17.9 Å². The molecule has 1 saturated heterocycles. The Balaban J connectivity index is 2.17. The summed E-state index contributed by atoms with van der Waals surface area (Å²) in [6.07, 6.45) is -5.32. The first-order valence-electron chi connectivity index (χ1n) is 7.89. The minimum Gasteiger partial charge on any atom is -0.508 e. The second-order valence-electron chi connectivity index (χ2n) is 6.14. The van der Waals surface area contributed by atoms with Gasteiger partial charge in [0.25, 0.3) is 0 Å². The van der Waals surface area contributed by atoms with Gasteiger partial charge in [0, 0.05) is 5.56 Å². The molecule has 4 N–H and O–H groups in total. The van der Waals surface area contributed by atoms with E-state index in [4.69, 9.17) is 0 Å². The summed E-state index contributed by atoms with van der Waals surface area (Å²) < 4.78 is 41.1. The van der Waals surface area contributed by atoms with Gasteiger partial charge >= 0.3 is 12.2 Å². The Bertz CT molecular complexity index is 872. The van der Waals surface area contributed by atoms with Gasteiger partial charge in [0.05, 0.1) is 6.04 Å². The van der Waals surface area contributed by atoms with Gasteiger partial charge < -0.3 is 20.8 Å². The minimum atomic E-state index is -5.32. The predicted octanol–water partition coefficient (Wildman–Crippen LogP) is 2.50. The highest BCUT2D eigenvalue weighted by molar-refractivity contribution is 6.00. The molecule has 27 heavy (non-hydrogen) atoms. The first-order chi connectivity index (χ1) is 12.6. The molecule has 3 rings (SSSR count). The number of Topliss-reactive ketones (excluding diaryl/α,β-unsaturated/α-hetero) is 1. The number of alkyl halides is 3.